The van der Waals surface area contributed by atoms with Gasteiger partial charge in [0.25, 0.3) is 5.91 Å². The number of benzene rings is 1. The molecule has 1 unspecified atom stereocenters. The number of hydrogen-bond acceptors (Lipinski definition) is 6. The van der Waals surface area contributed by atoms with Gasteiger partial charge in [-0.15, -0.1) is 0 Å². The van der Waals surface area contributed by atoms with Crippen LogP contribution in [-0.2, 0) is 4.84 Å². The third-order valence-electron chi connectivity index (χ3n) is 4.90. The number of hydrogen-bond donors (Lipinski definition) is 2. The summed E-state index contributed by atoms with van der Waals surface area (Å²) in [6, 6.07) is 9.26. The van der Waals surface area contributed by atoms with E-state index in [0.29, 0.717) is 46.8 Å². The summed E-state index contributed by atoms with van der Waals surface area (Å²) in [5.41, 5.74) is 6.03. The van der Waals surface area contributed by atoms with E-state index in [0.717, 1.165) is 30.7 Å². The van der Waals surface area contributed by atoms with Crippen molar-refractivity contribution in [3.63, 3.8) is 0 Å². The average molecular weight is 472 g/mol. The van der Waals surface area contributed by atoms with Crippen LogP contribution in [0.25, 0.3) is 0 Å². The minimum atomic E-state index is -0.345. The Kier molecular flexibility index (Phi) is 11.0. The Morgan fingerprint density at radius 1 is 1.15 bits per heavy atom. The van der Waals surface area contributed by atoms with Crippen LogP contribution in [0.5, 0.6) is 0 Å². The number of halogens is 1. The molecule has 2 rings (SSSR count). The van der Waals surface area contributed by atoms with E-state index in [1.165, 1.54) is 0 Å². The van der Waals surface area contributed by atoms with Crippen LogP contribution in [0.1, 0.15) is 70.7 Å². The summed E-state index contributed by atoms with van der Waals surface area (Å²) in [4.78, 5) is 31.2. The number of rotatable bonds is 12. The normalized spacial score (nSPS) is 13.0. The van der Waals surface area contributed by atoms with Crippen LogP contribution in [0.3, 0.4) is 0 Å². The van der Waals surface area contributed by atoms with Crippen molar-refractivity contribution in [1.29, 1.82) is 0 Å². The number of nitrogens with zero attached hydrogens (tertiary/aromatic N) is 3. The minimum Gasteiger partial charge on any atom is -0.353 e. The highest BCUT2D eigenvalue weighted by molar-refractivity contribution is 6.33. The monoisotopic (exact) mass is 471 g/mol. The SMILES string of the molecule is CCCC(CC)N=C(C)CC(C)=Nc1cc(Nc2ccccc2C(=O)NOCC)c(Cl)cn1. The zero-order chi connectivity index (χ0) is 24.2. The number of carbonyl (C=O) groups excluding carboxylic acids is 1. The van der Waals surface area contributed by atoms with Crippen molar-refractivity contribution in [3.8, 4) is 0 Å². The molecule has 0 saturated heterocycles. The number of anilines is 2. The Labute approximate surface area is 201 Å². The summed E-state index contributed by atoms with van der Waals surface area (Å²) >= 11 is 6.37. The molecule has 0 bridgehead atoms. The predicted molar refractivity (Wildman–Crippen MR) is 138 cm³/mol. The maximum atomic E-state index is 12.4. The first-order valence-corrected chi connectivity index (χ1v) is 11.8. The number of para-hydroxylation sites is 1. The molecule has 1 aromatic carbocycles. The van der Waals surface area contributed by atoms with E-state index in [1.807, 2.05) is 19.9 Å². The Hall–Kier alpha value is -2.77. The molecule has 1 atom stereocenters. The summed E-state index contributed by atoms with van der Waals surface area (Å²) < 4.78 is 0. The lowest BCUT2D eigenvalue weighted by Crippen LogP contribution is -2.24. The summed E-state index contributed by atoms with van der Waals surface area (Å²) in [5.74, 6) is 0.187. The summed E-state index contributed by atoms with van der Waals surface area (Å²) in [6.45, 7) is 10.5. The second-order valence-electron chi connectivity index (χ2n) is 7.80. The van der Waals surface area contributed by atoms with E-state index in [-0.39, 0.29) is 5.91 Å². The molecule has 0 radical (unpaired) electrons. The average Bonchev–Trinajstić information content (AvgIpc) is 2.79. The molecule has 0 aliphatic heterocycles. The summed E-state index contributed by atoms with van der Waals surface area (Å²) in [7, 11) is 0. The van der Waals surface area contributed by atoms with Gasteiger partial charge >= 0.3 is 0 Å². The molecular weight excluding hydrogens is 438 g/mol. The van der Waals surface area contributed by atoms with Gasteiger partial charge in [0.05, 0.1) is 34.8 Å². The molecule has 178 valence electrons. The second-order valence-corrected chi connectivity index (χ2v) is 8.20. The molecule has 8 heteroatoms. The van der Waals surface area contributed by atoms with Crippen LogP contribution in [0, 0.1) is 0 Å². The van der Waals surface area contributed by atoms with E-state index in [2.05, 4.69) is 34.6 Å². The van der Waals surface area contributed by atoms with Gasteiger partial charge in [0.1, 0.15) is 0 Å². The first-order valence-electron chi connectivity index (χ1n) is 11.4. The molecular formula is C25H34ClN5O2. The predicted octanol–water partition coefficient (Wildman–Crippen LogP) is 6.68. The number of amides is 1. The van der Waals surface area contributed by atoms with Gasteiger partial charge in [0.2, 0.25) is 0 Å². The van der Waals surface area contributed by atoms with Gasteiger partial charge in [-0.3, -0.25) is 14.6 Å². The van der Waals surface area contributed by atoms with Gasteiger partial charge in [0.15, 0.2) is 5.82 Å². The van der Waals surface area contributed by atoms with Gasteiger partial charge in [0, 0.05) is 30.0 Å². The van der Waals surface area contributed by atoms with Crippen molar-refractivity contribution in [1.82, 2.24) is 10.5 Å². The summed E-state index contributed by atoms with van der Waals surface area (Å²) in [6.07, 6.45) is 5.51. The Morgan fingerprint density at radius 3 is 2.61 bits per heavy atom. The van der Waals surface area contributed by atoms with Crippen molar-refractivity contribution in [2.45, 2.75) is 66.3 Å². The Balaban J connectivity index is 2.20. The molecule has 33 heavy (non-hydrogen) atoms. The number of carbonyl (C=O) groups is 1. The maximum Gasteiger partial charge on any atom is 0.276 e. The van der Waals surface area contributed by atoms with Crippen LogP contribution in [0.2, 0.25) is 5.02 Å². The Morgan fingerprint density at radius 2 is 1.91 bits per heavy atom. The lowest BCUT2D eigenvalue weighted by atomic mass is 10.1. The fourth-order valence-electron chi connectivity index (χ4n) is 3.37. The zero-order valence-electron chi connectivity index (χ0n) is 20.1. The zero-order valence-corrected chi connectivity index (χ0v) is 20.9. The number of nitrogens with one attached hydrogen (secondary N) is 2. The molecule has 0 fully saturated rings. The fourth-order valence-corrected chi connectivity index (χ4v) is 3.52. The highest BCUT2D eigenvalue weighted by atomic mass is 35.5. The van der Waals surface area contributed by atoms with Crippen molar-refractivity contribution in [3.05, 3.63) is 47.1 Å². The molecule has 2 N–H and O–H groups in total. The van der Waals surface area contributed by atoms with Gasteiger partial charge < -0.3 is 5.32 Å². The van der Waals surface area contributed by atoms with E-state index >= 15 is 0 Å². The maximum absolute atomic E-state index is 12.4. The van der Waals surface area contributed by atoms with E-state index in [9.17, 15) is 4.79 Å². The van der Waals surface area contributed by atoms with Crippen LogP contribution < -0.4 is 10.8 Å². The molecule has 1 aromatic heterocycles. The second kappa shape index (κ2) is 13.7. The number of aliphatic imine (C=N–C) groups is 2. The van der Waals surface area contributed by atoms with Gasteiger partial charge in [-0.25, -0.2) is 15.5 Å². The van der Waals surface area contributed by atoms with Crippen LogP contribution in [0.15, 0.2) is 46.5 Å². The largest absolute Gasteiger partial charge is 0.353 e. The Bertz CT molecular complexity index is 991. The van der Waals surface area contributed by atoms with E-state index in [1.54, 1.807) is 37.4 Å². The fraction of sp³-hybridized carbons (Fsp3) is 0.440. The molecule has 0 saturated carbocycles. The minimum absolute atomic E-state index is 0.345. The number of aromatic nitrogens is 1. The molecule has 0 aliphatic rings. The smallest absolute Gasteiger partial charge is 0.276 e. The highest BCUT2D eigenvalue weighted by Crippen LogP contribution is 2.29. The third-order valence-corrected chi connectivity index (χ3v) is 5.21. The summed E-state index contributed by atoms with van der Waals surface area (Å²) in [5, 5.41) is 3.64. The van der Waals surface area contributed by atoms with Gasteiger partial charge in [-0.05, 0) is 45.7 Å². The number of pyridine rings is 1. The molecule has 7 nitrogen and oxygen atoms in total. The van der Waals surface area contributed by atoms with Crippen LogP contribution >= 0.6 is 11.6 Å². The van der Waals surface area contributed by atoms with Crippen molar-refractivity contribution < 1.29 is 9.63 Å². The quantitative estimate of drug-likeness (QED) is 0.267. The lowest BCUT2D eigenvalue weighted by molar-refractivity contribution is 0.0365. The van der Waals surface area contributed by atoms with E-state index in [4.69, 9.17) is 21.4 Å². The molecule has 0 spiro atoms. The van der Waals surface area contributed by atoms with Gasteiger partial charge in [-0.1, -0.05) is 44.0 Å². The topological polar surface area (TPSA) is 88.0 Å². The lowest BCUT2D eigenvalue weighted by Gasteiger charge is -2.13. The van der Waals surface area contributed by atoms with Crippen molar-refractivity contribution in [2.24, 2.45) is 9.98 Å². The van der Waals surface area contributed by atoms with Crippen molar-refractivity contribution in [2.75, 3.05) is 11.9 Å². The van der Waals surface area contributed by atoms with Gasteiger partial charge in [-0.2, -0.15) is 0 Å². The first kappa shape index (κ1) is 26.5. The van der Waals surface area contributed by atoms with Crippen molar-refractivity contribution >= 4 is 46.1 Å². The first-order chi connectivity index (χ1) is 15.9. The van der Waals surface area contributed by atoms with Crippen LogP contribution in [0.4, 0.5) is 17.2 Å². The highest BCUT2D eigenvalue weighted by Gasteiger charge is 2.13. The number of hydroxylamine groups is 1. The molecule has 1 heterocycles. The molecule has 0 aliphatic carbocycles. The molecule has 1 amide bonds. The van der Waals surface area contributed by atoms with Crippen LogP contribution in [-0.4, -0.2) is 35.0 Å². The third kappa shape index (κ3) is 8.59. The standard InChI is InChI=1S/C25H34ClN5O2/c1-6-11-19(7-2)28-17(4)14-18(5)29-24-15-23(21(26)16-27-24)30-22-13-10-9-12-20(22)25(32)31-33-8-3/h9-10,12-13,15-16,19H,6-8,11,14H2,1-5H3,(H,27,30)(H,31,32). The van der Waals surface area contributed by atoms with E-state index < -0.39 is 0 Å². The molecule has 2 aromatic rings.